The Bertz CT molecular complexity index is 789. The highest BCUT2D eigenvalue weighted by Gasteiger charge is 2.43. The number of hydrogen-bond donors (Lipinski definition) is 3. The molecule has 0 spiro atoms. The molecule has 1 saturated heterocycles. The topological polar surface area (TPSA) is 146 Å². The first-order chi connectivity index (χ1) is 11.2. The van der Waals surface area contributed by atoms with Crippen molar-refractivity contribution < 1.29 is 24.5 Å². The van der Waals surface area contributed by atoms with Crippen LogP contribution >= 0.6 is 22.6 Å². The summed E-state index contributed by atoms with van der Waals surface area (Å²) in [5.41, 5.74) is 6.64. The molecule has 10 nitrogen and oxygen atoms in total. The Morgan fingerprint density at radius 1 is 1.54 bits per heavy atom. The van der Waals surface area contributed by atoms with Crippen molar-refractivity contribution in [1.82, 2.24) is 19.5 Å². The van der Waals surface area contributed by atoms with E-state index >= 15 is 0 Å². The molecule has 1 fully saturated rings. The van der Waals surface area contributed by atoms with Gasteiger partial charge >= 0.3 is 5.97 Å². The predicted molar refractivity (Wildman–Crippen MR) is 89.8 cm³/mol. The minimum atomic E-state index is -1.45. The SMILES string of the molecule is CC(C)(O)OC1C[C@@H](C(=O)O)O[C@H]1n1cnc2c(N)nc(I)nc21. The van der Waals surface area contributed by atoms with E-state index in [1.165, 1.54) is 20.2 Å². The number of nitrogens with zero attached hydrogens (tertiary/aromatic N) is 4. The quantitative estimate of drug-likeness (QED) is 0.345. The number of hydrogen-bond acceptors (Lipinski definition) is 8. The van der Waals surface area contributed by atoms with Gasteiger partial charge in [0.25, 0.3) is 0 Å². The monoisotopic (exact) mass is 449 g/mol. The van der Waals surface area contributed by atoms with Crippen LogP contribution < -0.4 is 5.73 Å². The number of rotatable bonds is 4. The van der Waals surface area contributed by atoms with Gasteiger partial charge in [-0.1, -0.05) is 0 Å². The Hall–Kier alpha value is -1.57. The minimum absolute atomic E-state index is 0.0846. The summed E-state index contributed by atoms with van der Waals surface area (Å²) in [6.45, 7) is 2.93. The molecule has 2 aromatic rings. The number of nitrogen functional groups attached to an aromatic ring is 1. The molecule has 1 aliphatic heterocycles. The first kappa shape index (κ1) is 17.3. The van der Waals surface area contributed by atoms with Crippen LogP contribution in [0.25, 0.3) is 11.2 Å². The molecule has 0 radical (unpaired) electrons. The van der Waals surface area contributed by atoms with E-state index < -0.39 is 30.2 Å². The third-order valence-corrected chi connectivity index (χ3v) is 3.96. The molecule has 130 valence electrons. The standard InChI is InChI=1S/C13H16IN5O5/c1-13(2,22)24-5-3-6(11(20)21)23-10(5)19-4-16-7-8(15)17-12(14)18-9(7)19/h4-6,10,22H,3H2,1-2H3,(H,20,21)(H2,15,17,18)/t5?,6-,10+/m0/s1. The number of aromatic nitrogens is 4. The van der Waals surface area contributed by atoms with Gasteiger partial charge in [0, 0.05) is 29.0 Å². The van der Waals surface area contributed by atoms with E-state index in [1.807, 2.05) is 22.6 Å². The number of nitrogens with two attached hydrogens (primary N) is 1. The minimum Gasteiger partial charge on any atom is -0.479 e. The molecule has 4 N–H and O–H groups in total. The zero-order valence-electron chi connectivity index (χ0n) is 12.9. The lowest BCUT2D eigenvalue weighted by Gasteiger charge is -2.27. The highest BCUT2D eigenvalue weighted by Crippen LogP contribution is 2.35. The lowest BCUT2D eigenvalue weighted by atomic mass is 10.2. The molecule has 0 bridgehead atoms. The lowest BCUT2D eigenvalue weighted by molar-refractivity contribution is -0.222. The fourth-order valence-electron chi connectivity index (χ4n) is 2.62. The van der Waals surface area contributed by atoms with Crippen LogP contribution in [0.2, 0.25) is 0 Å². The number of carbonyl (C=O) groups is 1. The first-order valence-electron chi connectivity index (χ1n) is 7.09. The van der Waals surface area contributed by atoms with E-state index in [0.717, 1.165) is 0 Å². The molecule has 24 heavy (non-hydrogen) atoms. The second-order valence-electron chi connectivity index (χ2n) is 5.89. The van der Waals surface area contributed by atoms with Crippen LogP contribution in [0.5, 0.6) is 0 Å². The fourth-order valence-corrected chi connectivity index (χ4v) is 3.10. The van der Waals surface area contributed by atoms with E-state index in [2.05, 4.69) is 15.0 Å². The number of aliphatic carboxylic acids is 1. The van der Waals surface area contributed by atoms with Gasteiger partial charge in [-0.15, -0.1) is 0 Å². The Morgan fingerprint density at radius 2 is 2.25 bits per heavy atom. The molecular formula is C13H16IN5O5. The zero-order valence-corrected chi connectivity index (χ0v) is 15.0. The molecular weight excluding hydrogens is 433 g/mol. The molecule has 0 saturated carbocycles. The van der Waals surface area contributed by atoms with Crippen LogP contribution in [-0.2, 0) is 14.3 Å². The number of anilines is 1. The van der Waals surface area contributed by atoms with Crippen molar-refractivity contribution in [3.05, 3.63) is 10.2 Å². The summed E-state index contributed by atoms with van der Waals surface area (Å²) in [6.07, 6.45) is -1.04. The average Bonchev–Trinajstić information content (AvgIpc) is 3.00. The third kappa shape index (κ3) is 3.29. The molecule has 1 aliphatic rings. The highest BCUT2D eigenvalue weighted by atomic mass is 127. The van der Waals surface area contributed by atoms with Gasteiger partial charge in [-0.2, -0.15) is 0 Å². The van der Waals surface area contributed by atoms with Gasteiger partial charge < -0.3 is 25.4 Å². The maximum Gasteiger partial charge on any atom is 0.333 e. The number of imidazole rings is 1. The summed E-state index contributed by atoms with van der Waals surface area (Å²) in [4.78, 5) is 23.8. The fraction of sp³-hybridized carbons (Fsp3) is 0.538. The van der Waals surface area contributed by atoms with Gasteiger partial charge in [0.2, 0.25) is 0 Å². The Balaban J connectivity index is 2.03. The molecule has 1 unspecified atom stereocenters. The molecule has 3 rings (SSSR count). The van der Waals surface area contributed by atoms with E-state index in [1.54, 1.807) is 4.57 Å². The molecule has 11 heteroatoms. The molecule has 0 aromatic carbocycles. The molecule has 0 amide bonds. The van der Waals surface area contributed by atoms with E-state index in [9.17, 15) is 15.0 Å². The van der Waals surface area contributed by atoms with Crippen molar-refractivity contribution in [3.8, 4) is 0 Å². The smallest absolute Gasteiger partial charge is 0.333 e. The third-order valence-electron chi connectivity index (χ3n) is 3.48. The van der Waals surface area contributed by atoms with Gasteiger partial charge in [-0.3, -0.25) is 4.57 Å². The van der Waals surface area contributed by atoms with Crippen LogP contribution in [0.15, 0.2) is 6.33 Å². The Kier molecular flexibility index (Phi) is 4.36. The molecule has 0 aliphatic carbocycles. The number of aliphatic hydroxyl groups is 1. The molecule has 2 aromatic heterocycles. The van der Waals surface area contributed by atoms with Crippen LogP contribution in [0.1, 0.15) is 26.5 Å². The number of ether oxygens (including phenoxy) is 2. The summed E-state index contributed by atoms with van der Waals surface area (Å²) in [5.74, 6) is -2.33. The van der Waals surface area contributed by atoms with E-state index in [0.29, 0.717) is 15.0 Å². The van der Waals surface area contributed by atoms with Crippen molar-refractivity contribution in [1.29, 1.82) is 0 Å². The largest absolute Gasteiger partial charge is 0.479 e. The lowest BCUT2D eigenvalue weighted by Crippen LogP contribution is -2.33. The first-order valence-corrected chi connectivity index (χ1v) is 8.17. The van der Waals surface area contributed by atoms with Crippen LogP contribution in [0.4, 0.5) is 5.82 Å². The summed E-state index contributed by atoms with van der Waals surface area (Å²) in [7, 11) is 0. The summed E-state index contributed by atoms with van der Waals surface area (Å²) in [5, 5.41) is 19.2. The summed E-state index contributed by atoms with van der Waals surface area (Å²) in [6, 6.07) is 0. The number of carboxylic acid groups (broad SMARTS) is 1. The average molecular weight is 449 g/mol. The van der Waals surface area contributed by atoms with Crippen molar-refractivity contribution in [3.63, 3.8) is 0 Å². The number of carboxylic acids is 1. The number of fused-ring (bicyclic) bond motifs is 1. The molecule has 3 atom stereocenters. The second-order valence-corrected chi connectivity index (χ2v) is 6.86. The Labute approximate surface area is 150 Å². The van der Waals surface area contributed by atoms with Crippen LogP contribution in [-0.4, -0.2) is 53.7 Å². The molecule has 3 heterocycles. The Morgan fingerprint density at radius 3 is 2.88 bits per heavy atom. The predicted octanol–water partition coefficient (Wildman–Crippen LogP) is 0.499. The maximum absolute atomic E-state index is 11.3. The summed E-state index contributed by atoms with van der Waals surface area (Å²) >= 11 is 1.92. The van der Waals surface area contributed by atoms with Crippen molar-refractivity contribution in [2.45, 2.75) is 44.5 Å². The second kappa shape index (κ2) is 6.06. The van der Waals surface area contributed by atoms with Crippen molar-refractivity contribution in [2.24, 2.45) is 0 Å². The zero-order chi connectivity index (χ0) is 17.6. The maximum atomic E-state index is 11.3. The normalized spacial score (nSPS) is 24.6. The van der Waals surface area contributed by atoms with Gasteiger partial charge in [0.1, 0.15) is 11.6 Å². The van der Waals surface area contributed by atoms with Gasteiger partial charge in [0.15, 0.2) is 33.4 Å². The van der Waals surface area contributed by atoms with Gasteiger partial charge in [-0.05, 0) is 13.8 Å². The van der Waals surface area contributed by atoms with Crippen LogP contribution in [0.3, 0.4) is 0 Å². The van der Waals surface area contributed by atoms with E-state index in [-0.39, 0.29) is 12.2 Å². The number of halogens is 1. The van der Waals surface area contributed by atoms with E-state index in [4.69, 9.17) is 15.2 Å². The van der Waals surface area contributed by atoms with Crippen LogP contribution in [0, 0.1) is 3.83 Å². The van der Waals surface area contributed by atoms with Gasteiger partial charge in [-0.25, -0.2) is 19.7 Å². The van der Waals surface area contributed by atoms with Crippen molar-refractivity contribution >= 4 is 45.5 Å². The van der Waals surface area contributed by atoms with Gasteiger partial charge in [0.05, 0.1) is 6.33 Å². The van der Waals surface area contributed by atoms with Crippen molar-refractivity contribution in [2.75, 3.05) is 5.73 Å². The summed E-state index contributed by atoms with van der Waals surface area (Å²) < 4.78 is 13.1. The highest BCUT2D eigenvalue weighted by molar-refractivity contribution is 14.1.